The molecule has 3 aromatic rings. The van der Waals surface area contributed by atoms with Crippen LogP contribution in [-0.4, -0.2) is 19.2 Å². The maximum Gasteiger partial charge on any atom is 0.343 e. The molecule has 2 N–H and O–H groups in total. The first-order chi connectivity index (χ1) is 16.5. The van der Waals surface area contributed by atoms with Crippen molar-refractivity contribution in [3.8, 4) is 29.1 Å². The molecule has 3 aromatic carbocycles. The molecule has 0 saturated carbocycles. The molecule has 7 heteroatoms. The van der Waals surface area contributed by atoms with Crippen molar-refractivity contribution >= 4 is 5.97 Å². The average molecular weight is 456 g/mol. The average Bonchev–Trinajstić information content (AvgIpc) is 2.84. The summed E-state index contributed by atoms with van der Waals surface area (Å²) in [6.45, 7) is 4.81. The smallest absolute Gasteiger partial charge is 0.343 e. The molecule has 0 radical (unpaired) electrons. The van der Waals surface area contributed by atoms with Crippen LogP contribution in [0.4, 0.5) is 0 Å². The van der Waals surface area contributed by atoms with Gasteiger partial charge in [0.25, 0.3) is 0 Å². The highest BCUT2D eigenvalue weighted by atomic mass is 16.5. The Morgan fingerprint density at radius 2 is 1.68 bits per heavy atom. The van der Waals surface area contributed by atoms with Crippen LogP contribution in [0.1, 0.15) is 41.3 Å². The standard InChI is InChI=1S/C27H24N2O5/c1-3-31-18-11-9-17(10-12-18)27(30)33-19-13-14-21-24(15-19)34-26(29)22(16-28)25(21)20-7-5-6-8-23(20)32-4-2/h5-15,25H,3-4,29H2,1-2H3. The number of hydrogen-bond donors (Lipinski definition) is 1. The highest BCUT2D eigenvalue weighted by Crippen LogP contribution is 2.45. The monoisotopic (exact) mass is 456 g/mol. The minimum Gasteiger partial charge on any atom is -0.494 e. The molecule has 4 rings (SSSR count). The van der Waals surface area contributed by atoms with Crippen LogP contribution in [0, 0.1) is 11.3 Å². The van der Waals surface area contributed by atoms with Gasteiger partial charge >= 0.3 is 5.97 Å². The number of benzene rings is 3. The van der Waals surface area contributed by atoms with Crippen LogP contribution >= 0.6 is 0 Å². The second kappa shape index (κ2) is 10.0. The number of ether oxygens (including phenoxy) is 4. The van der Waals surface area contributed by atoms with E-state index in [1.807, 2.05) is 38.1 Å². The highest BCUT2D eigenvalue weighted by Gasteiger charge is 2.33. The van der Waals surface area contributed by atoms with Gasteiger partial charge in [0.05, 0.1) is 24.7 Å². The number of nitrogens with two attached hydrogens (primary N) is 1. The summed E-state index contributed by atoms with van der Waals surface area (Å²) in [7, 11) is 0. The van der Waals surface area contributed by atoms with Crippen molar-refractivity contribution in [3.05, 3.63) is 94.9 Å². The number of allylic oxidation sites excluding steroid dienone is 1. The third kappa shape index (κ3) is 4.52. The van der Waals surface area contributed by atoms with Crippen molar-refractivity contribution in [3.63, 3.8) is 0 Å². The van der Waals surface area contributed by atoms with E-state index in [2.05, 4.69) is 6.07 Å². The molecule has 0 saturated heterocycles. The fraction of sp³-hybridized carbons (Fsp3) is 0.185. The third-order valence-electron chi connectivity index (χ3n) is 5.33. The van der Waals surface area contributed by atoms with E-state index in [0.717, 1.165) is 11.1 Å². The van der Waals surface area contributed by atoms with Crippen LogP contribution < -0.4 is 24.7 Å². The molecule has 0 amide bonds. The van der Waals surface area contributed by atoms with Crippen molar-refractivity contribution in [1.82, 2.24) is 0 Å². The second-order valence-corrected chi connectivity index (χ2v) is 7.44. The zero-order valence-electron chi connectivity index (χ0n) is 18.9. The number of para-hydroxylation sites is 1. The van der Waals surface area contributed by atoms with Crippen LogP contribution in [0.3, 0.4) is 0 Å². The Labute approximate surface area is 197 Å². The lowest BCUT2D eigenvalue weighted by Gasteiger charge is -2.27. The van der Waals surface area contributed by atoms with Crippen LogP contribution in [0.2, 0.25) is 0 Å². The van der Waals surface area contributed by atoms with Gasteiger partial charge in [-0.05, 0) is 50.2 Å². The van der Waals surface area contributed by atoms with Crippen molar-refractivity contribution in [2.24, 2.45) is 5.73 Å². The summed E-state index contributed by atoms with van der Waals surface area (Å²) in [5.41, 5.74) is 8.31. The molecule has 1 aliphatic heterocycles. The SMILES string of the molecule is CCOc1ccc(C(=O)Oc2ccc3c(c2)OC(N)=C(C#N)C3c2ccccc2OCC)cc1. The Morgan fingerprint density at radius 1 is 0.971 bits per heavy atom. The van der Waals surface area contributed by atoms with Gasteiger partial charge in [-0.1, -0.05) is 24.3 Å². The zero-order chi connectivity index (χ0) is 24.1. The van der Waals surface area contributed by atoms with Gasteiger partial charge in [0, 0.05) is 17.2 Å². The Hall–Kier alpha value is -4.44. The molecule has 1 aliphatic rings. The Kier molecular flexibility index (Phi) is 6.69. The lowest BCUT2D eigenvalue weighted by atomic mass is 9.83. The van der Waals surface area contributed by atoms with E-state index in [1.165, 1.54) is 0 Å². The maximum absolute atomic E-state index is 12.6. The van der Waals surface area contributed by atoms with E-state index >= 15 is 0 Å². The normalized spacial score (nSPS) is 14.4. The summed E-state index contributed by atoms with van der Waals surface area (Å²) in [6.07, 6.45) is 0. The number of carbonyl (C=O) groups excluding carboxylic acids is 1. The molecular weight excluding hydrogens is 432 g/mol. The topological polar surface area (TPSA) is 104 Å². The quantitative estimate of drug-likeness (QED) is 0.397. The molecular formula is C27H24N2O5. The van der Waals surface area contributed by atoms with E-state index < -0.39 is 11.9 Å². The maximum atomic E-state index is 12.6. The lowest BCUT2D eigenvalue weighted by molar-refractivity contribution is 0.0734. The molecule has 172 valence electrons. The van der Waals surface area contributed by atoms with Crippen LogP contribution in [0.15, 0.2) is 78.2 Å². The van der Waals surface area contributed by atoms with Gasteiger partial charge in [-0.25, -0.2) is 4.79 Å². The summed E-state index contributed by atoms with van der Waals surface area (Å²) in [6, 6.07) is 21.4. The first-order valence-electron chi connectivity index (χ1n) is 10.9. The fourth-order valence-corrected chi connectivity index (χ4v) is 3.84. The number of rotatable bonds is 7. The third-order valence-corrected chi connectivity index (χ3v) is 5.33. The van der Waals surface area contributed by atoms with E-state index in [1.54, 1.807) is 42.5 Å². The Bertz CT molecular complexity index is 1270. The van der Waals surface area contributed by atoms with Gasteiger partial charge in [0.2, 0.25) is 5.88 Å². The summed E-state index contributed by atoms with van der Waals surface area (Å²) in [5, 5.41) is 9.81. The van der Waals surface area contributed by atoms with Crippen molar-refractivity contribution in [1.29, 1.82) is 5.26 Å². The van der Waals surface area contributed by atoms with Crippen molar-refractivity contribution in [2.45, 2.75) is 19.8 Å². The van der Waals surface area contributed by atoms with Crippen molar-refractivity contribution < 1.29 is 23.7 Å². The minimum absolute atomic E-state index is 0.00120. The van der Waals surface area contributed by atoms with E-state index in [9.17, 15) is 10.1 Å². The number of esters is 1. The lowest BCUT2D eigenvalue weighted by Crippen LogP contribution is -2.21. The van der Waals surface area contributed by atoms with E-state index in [-0.39, 0.29) is 5.88 Å². The van der Waals surface area contributed by atoms with Crippen LogP contribution in [0.25, 0.3) is 0 Å². The van der Waals surface area contributed by atoms with E-state index in [0.29, 0.717) is 47.3 Å². The Morgan fingerprint density at radius 3 is 2.38 bits per heavy atom. The van der Waals surface area contributed by atoms with Gasteiger partial charge < -0.3 is 24.7 Å². The van der Waals surface area contributed by atoms with Crippen molar-refractivity contribution in [2.75, 3.05) is 13.2 Å². The summed E-state index contributed by atoms with van der Waals surface area (Å²) in [5.74, 6) is 1.05. The predicted molar refractivity (Wildman–Crippen MR) is 126 cm³/mol. The second-order valence-electron chi connectivity index (χ2n) is 7.44. The highest BCUT2D eigenvalue weighted by molar-refractivity contribution is 5.91. The van der Waals surface area contributed by atoms with Gasteiger partial charge in [-0.2, -0.15) is 5.26 Å². The molecule has 1 unspecified atom stereocenters. The number of carbonyl (C=O) groups is 1. The first-order valence-corrected chi connectivity index (χ1v) is 10.9. The van der Waals surface area contributed by atoms with Gasteiger partial charge in [-0.3, -0.25) is 0 Å². The van der Waals surface area contributed by atoms with Gasteiger partial charge in [0.1, 0.15) is 34.6 Å². The van der Waals surface area contributed by atoms with Crippen LogP contribution in [0.5, 0.6) is 23.0 Å². The minimum atomic E-state index is -0.515. The molecule has 1 heterocycles. The summed E-state index contributed by atoms with van der Waals surface area (Å²) < 4.78 is 22.5. The molecule has 0 bridgehead atoms. The Balaban J connectivity index is 1.65. The molecule has 0 aliphatic carbocycles. The van der Waals surface area contributed by atoms with Gasteiger partial charge in [0.15, 0.2) is 0 Å². The van der Waals surface area contributed by atoms with Crippen LogP contribution in [-0.2, 0) is 0 Å². The number of nitriles is 1. The van der Waals surface area contributed by atoms with Gasteiger partial charge in [-0.15, -0.1) is 0 Å². The molecule has 7 nitrogen and oxygen atoms in total. The number of nitrogens with zero attached hydrogens (tertiary/aromatic N) is 1. The molecule has 0 spiro atoms. The largest absolute Gasteiger partial charge is 0.494 e. The first kappa shape index (κ1) is 22.7. The summed E-state index contributed by atoms with van der Waals surface area (Å²) in [4.78, 5) is 12.6. The van der Waals surface area contributed by atoms with E-state index in [4.69, 9.17) is 24.7 Å². The predicted octanol–water partition coefficient (Wildman–Crippen LogP) is 4.92. The molecule has 1 atom stereocenters. The molecule has 0 aromatic heterocycles. The zero-order valence-corrected chi connectivity index (χ0v) is 18.9. The molecule has 0 fully saturated rings. The number of fused-ring (bicyclic) bond motifs is 1. The summed E-state index contributed by atoms with van der Waals surface area (Å²) >= 11 is 0. The fourth-order valence-electron chi connectivity index (χ4n) is 3.84. The molecule has 34 heavy (non-hydrogen) atoms. The number of hydrogen-bond acceptors (Lipinski definition) is 7.